The molecule has 0 saturated carbocycles. The average Bonchev–Trinajstić information content (AvgIpc) is 2.98. The predicted molar refractivity (Wildman–Crippen MR) is 169 cm³/mol. The van der Waals surface area contributed by atoms with E-state index in [1.165, 1.54) is 0 Å². The van der Waals surface area contributed by atoms with Crippen molar-refractivity contribution in [3.63, 3.8) is 0 Å². The molecular weight excluding hydrogens is 544 g/mol. The number of hydrogen-bond acceptors (Lipinski definition) is 5. The fourth-order valence-electron chi connectivity index (χ4n) is 5.24. The Labute approximate surface area is 252 Å². The number of methoxy groups -OCH3 is 2. The van der Waals surface area contributed by atoms with Crippen LogP contribution in [0.25, 0.3) is 0 Å². The predicted octanol–water partition coefficient (Wildman–Crippen LogP) is 6.50. The molecule has 4 rings (SSSR count). The molecule has 0 unspecified atom stereocenters. The van der Waals surface area contributed by atoms with Crippen molar-refractivity contribution in [2.24, 2.45) is 0 Å². The van der Waals surface area contributed by atoms with E-state index in [1.807, 2.05) is 71.6 Å². The van der Waals surface area contributed by atoms with Crippen molar-refractivity contribution in [3.05, 3.63) is 95.6 Å². The summed E-state index contributed by atoms with van der Waals surface area (Å²) < 4.78 is 17.9. The zero-order chi connectivity index (χ0) is 30.5. The molecule has 0 spiro atoms. The van der Waals surface area contributed by atoms with Crippen LogP contribution in [0.15, 0.2) is 78.9 Å². The lowest BCUT2D eigenvalue weighted by atomic mass is 9.91. The monoisotopic (exact) mass is 590 g/mol. The maximum atomic E-state index is 14.5. The molecule has 1 fully saturated rings. The van der Waals surface area contributed by atoms with E-state index in [1.54, 1.807) is 19.1 Å². The first-order valence-electron chi connectivity index (χ1n) is 14.6. The average molecular weight is 591 g/mol. The van der Waals surface area contributed by atoms with Gasteiger partial charge in [-0.25, -0.2) is 4.79 Å². The Balaban J connectivity index is 1.80. The summed E-state index contributed by atoms with van der Waals surface area (Å²) in [7, 11) is 0.975. The summed E-state index contributed by atoms with van der Waals surface area (Å²) in [5.74, 6) is 1.52. The van der Waals surface area contributed by atoms with Gasteiger partial charge in [-0.1, -0.05) is 75.4 Å². The number of benzene rings is 3. The van der Waals surface area contributed by atoms with Crippen LogP contribution in [-0.4, -0.2) is 68.3 Å². The molecule has 0 aromatic heterocycles. The maximum absolute atomic E-state index is 14.5. The normalized spacial score (nSPS) is 19.6. The van der Waals surface area contributed by atoms with Gasteiger partial charge in [0.05, 0.1) is 39.0 Å². The summed E-state index contributed by atoms with van der Waals surface area (Å²) >= 11 is 0. The highest BCUT2D eigenvalue weighted by Gasteiger charge is 2.51. The van der Waals surface area contributed by atoms with E-state index in [4.69, 9.17) is 13.9 Å². The molecule has 7 nitrogen and oxygen atoms in total. The Kier molecular flexibility index (Phi) is 10.0. The third-order valence-electron chi connectivity index (χ3n) is 8.79. The van der Waals surface area contributed by atoms with Crippen LogP contribution in [0, 0.1) is 0 Å². The zero-order valence-corrected chi connectivity index (χ0v) is 27.0. The van der Waals surface area contributed by atoms with E-state index in [0.29, 0.717) is 19.5 Å². The van der Waals surface area contributed by atoms with Crippen molar-refractivity contribution in [1.29, 1.82) is 0 Å². The second kappa shape index (κ2) is 13.3. The molecule has 226 valence electrons. The molecule has 0 aliphatic carbocycles. The number of carbonyl (C=O) groups excluding carboxylic acids is 1. The lowest BCUT2D eigenvalue weighted by molar-refractivity contribution is -0.0520. The molecule has 1 heterocycles. The number of nitrogens with zero attached hydrogens (tertiary/aromatic N) is 2. The Bertz CT molecular complexity index is 1290. The first kappa shape index (κ1) is 31.6. The highest BCUT2D eigenvalue weighted by atomic mass is 28.4. The quantitative estimate of drug-likeness (QED) is 0.258. The highest BCUT2D eigenvalue weighted by Crippen LogP contribution is 2.41. The summed E-state index contributed by atoms with van der Waals surface area (Å²) in [6, 6.07) is 24.9. The smallest absolute Gasteiger partial charge is 0.321 e. The third-order valence-corrected chi connectivity index (χ3v) is 13.3. The molecule has 1 aliphatic rings. The van der Waals surface area contributed by atoms with Crippen LogP contribution < -0.4 is 9.47 Å². The molecule has 1 saturated heterocycles. The molecule has 8 heteroatoms. The second-order valence-corrected chi connectivity index (χ2v) is 17.3. The van der Waals surface area contributed by atoms with Crippen molar-refractivity contribution in [2.75, 3.05) is 20.8 Å². The van der Waals surface area contributed by atoms with Gasteiger partial charge in [0.2, 0.25) is 0 Å². The molecule has 3 aromatic carbocycles. The minimum Gasteiger partial charge on any atom is -0.497 e. The summed E-state index contributed by atoms with van der Waals surface area (Å²) in [5.41, 5.74) is 3.08. The minimum absolute atomic E-state index is 0.0482. The molecule has 3 atom stereocenters. The molecule has 42 heavy (non-hydrogen) atoms. The number of rotatable bonds is 11. The summed E-state index contributed by atoms with van der Waals surface area (Å²) in [4.78, 5) is 18.2. The van der Waals surface area contributed by atoms with Crippen molar-refractivity contribution in [2.45, 2.75) is 76.6 Å². The molecule has 0 radical (unpaired) electrons. The van der Waals surface area contributed by atoms with Gasteiger partial charge < -0.3 is 28.8 Å². The Morgan fingerprint density at radius 3 is 1.64 bits per heavy atom. The number of hydrogen-bond donors (Lipinski definition) is 1. The van der Waals surface area contributed by atoms with Crippen molar-refractivity contribution in [3.8, 4) is 11.5 Å². The van der Waals surface area contributed by atoms with E-state index < -0.39 is 20.5 Å². The van der Waals surface area contributed by atoms with Gasteiger partial charge in [0.15, 0.2) is 8.32 Å². The van der Waals surface area contributed by atoms with Crippen LogP contribution >= 0.6 is 0 Å². The highest BCUT2D eigenvalue weighted by molar-refractivity contribution is 6.74. The summed E-state index contributed by atoms with van der Waals surface area (Å²) in [6.07, 6.45) is 0.222. The maximum Gasteiger partial charge on any atom is 0.321 e. The van der Waals surface area contributed by atoms with Crippen LogP contribution in [-0.2, 0) is 23.9 Å². The lowest BCUT2D eigenvalue weighted by Gasteiger charge is -2.53. The number of ether oxygens (including phenoxy) is 2. The first-order valence-corrected chi connectivity index (χ1v) is 17.5. The van der Waals surface area contributed by atoms with Crippen LogP contribution in [0.3, 0.4) is 0 Å². The van der Waals surface area contributed by atoms with Gasteiger partial charge in [-0.15, -0.1) is 0 Å². The van der Waals surface area contributed by atoms with Crippen molar-refractivity contribution < 1.29 is 23.8 Å². The Morgan fingerprint density at radius 2 is 1.21 bits per heavy atom. The van der Waals surface area contributed by atoms with Crippen LogP contribution in [0.1, 0.15) is 37.5 Å². The number of carbonyl (C=O) groups is 1. The molecular formula is C34H46N2O5Si. The van der Waals surface area contributed by atoms with Crippen molar-refractivity contribution in [1.82, 2.24) is 9.80 Å². The fourth-order valence-corrected chi connectivity index (χ4v) is 6.59. The van der Waals surface area contributed by atoms with Crippen LogP contribution in [0.2, 0.25) is 18.1 Å². The number of amides is 2. The van der Waals surface area contributed by atoms with Crippen molar-refractivity contribution >= 4 is 14.3 Å². The standard InChI is InChI=1S/C34H46N2O5Si/c1-34(2,3)42(6,7)41-32-30(21-25-11-9-8-10-12-25)35(22-26-13-17-28(39-4)18-14-26)33(38)36(31(32)24-37)23-27-15-19-29(40-5)20-16-27/h8-20,30-32,37H,21-24H2,1-7H3/t30-,31-,32+/m1/s1. The zero-order valence-electron chi connectivity index (χ0n) is 26.0. The molecule has 2 amide bonds. The molecule has 0 bridgehead atoms. The van der Waals surface area contributed by atoms with E-state index in [2.05, 4.69) is 46.0 Å². The molecule has 1 N–H and O–H groups in total. The molecule has 3 aromatic rings. The van der Waals surface area contributed by atoms with Gasteiger partial charge in [-0.3, -0.25) is 0 Å². The summed E-state index contributed by atoms with van der Waals surface area (Å²) in [6.45, 7) is 11.7. The van der Waals surface area contributed by atoms with Crippen LogP contribution in [0.5, 0.6) is 11.5 Å². The number of aliphatic hydroxyl groups is 1. The van der Waals surface area contributed by atoms with Gasteiger partial charge in [-0.05, 0) is 65.5 Å². The Morgan fingerprint density at radius 1 is 0.738 bits per heavy atom. The topological polar surface area (TPSA) is 71.5 Å². The number of urea groups is 1. The van der Waals surface area contributed by atoms with Gasteiger partial charge in [0.1, 0.15) is 11.5 Å². The first-order chi connectivity index (χ1) is 20.0. The largest absolute Gasteiger partial charge is 0.497 e. The summed E-state index contributed by atoms with van der Waals surface area (Å²) in [5, 5.41) is 10.9. The SMILES string of the molecule is COc1ccc(CN2C(=O)N(Cc3ccc(OC)cc3)[C@H](Cc3ccccc3)[C@H](O[Si](C)(C)C(C)(C)C)[C@H]2CO)cc1. The third kappa shape index (κ3) is 7.17. The second-order valence-electron chi connectivity index (χ2n) is 12.6. The van der Waals surface area contributed by atoms with Gasteiger partial charge in [0, 0.05) is 13.1 Å². The van der Waals surface area contributed by atoms with E-state index in [0.717, 1.165) is 28.2 Å². The van der Waals surface area contributed by atoms with E-state index in [9.17, 15) is 9.90 Å². The Hall–Kier alpha value is -3.33. The fraction of sp³-hybridized carbons (Fsp3) is 0.441. The van der Waals surface area contributed by atoms with Gasteiger partial charge in [-0.2, -0.15) is 0 Å². The lowest BCUT2D eigenvalue weighted by Crippen LogP contribution is -2.69. The van der Waals surface area contributed by atoms with E-state index >= 15 is 0 Å². The minimum atomic E-state index is -2.31. The van der Waals surface area contributed by atoms with Crippen LogP contribution in [0.4, 0.5) is 4.79 Å². The molecule has 1 aliphatic heterocycles. The van der Waals surface area contributed by atoms with E-state index in [-0.39, 0.29) is 23.7 Å². The van der Waals surface area contributed by atoms with Gasteiger partial charge >= 0.3 is 6.03 Å². The number of aliphatic hydroxyl groups excluding tert-OH is 1. The van der Waals surface area contributed by atoms with Gasteiger partial charge in [0.25, 0.3) is 0 Å².